The van der Waals surface area contributed by atoms with Gasteiger partial charge in [-0.1, -0.05) is 232 Å². The Kier molecular flexibility index (Phi) is 39.5. The molecule has 0 bridgehead atoms. The number of hydrogen-bond acceptors (Lipinski definition) is 4. The predicted octanol–water partition coefficient (Wildman–Crippen LogP) is 26.1. The van der Waals surface area contributed by atoms with Gasteiger partial charge in [0.05, 0.1) is 69.5 Å². The van der Waals surface area contributed by atoms with E-state index in [9.17, 15) is 0 Å². The number of para-hydroxylation sites is 3. The van der Waals surface area contributed by atoms with Crippen LogP contribution in [0.2, 0.25) is 0 Å². The maximum absolute atomic E-state index is 4.77. The van der Waals surface area contributed by atoms with Crippen LogP contribution in [0.5, 0.6) is 0 Å². The van der Waals surface area contributed by atoms with E-state index in [1.54, 1.807) is 5.30 Å². The van der Waals surface area contributed by atoms with Gasteiger partial charge >= 0.3 is 0 Å². The van der Waals surface area contributed by atoms with Gasteiger partial charge in [0.25, 0.3) is 0 Å². The number of pyridine rings is 4. The molecule has 0 amide bonds. The summed E-state index contributed by atoms with van der Waals surface area (Å²) in [6.07, 6.45) is 27.2. The number of quaternary nitrogens is 2. The van der Waals surface area contributed by atoms with Gasteiger partial charge in [-0.15, -0.1) is 95.1 Å². The molecule has 4 heterocycles. The maximum Gasteiger partial charge on any atom is 0.146 e. The molecule has 0 spiro atoms. The fourth-order valence-electron chi connectivity index (χ4n) is 14.4. The number of nitrogens with zero attached hydrogens (tertiary/aromatic N) is 6. The third-order valence-corrected chi connectivity index (χ3v) is 26.9. The number of aromatic nitrogens is 4. The van der Waals surface area contributed by atoms with Crippen molar-refractivity contribution < 1.29 is 80.4 Å². The molecular weight excluding hydrogens is 2080 g/mol. The summed E-state index contributed by atoms with van der Waals surface area (Å²) in [5, 5.41) is 7.91. The molecule has 12 heteroatoms. The molecule has 574 valence electrons. The van der Waals surface area contributed by atoms with E-state index in [0.29, 0.717) is 4.48 Å². The Hall–Kier alpha value is -6.52. The number of unbranched alkanes of at least 4 members (excludes halogenated alkanes) is 6. The molecule has 4 radical (unpaired) electrons. The summed E-state index contributed by atoms with van der Waals surface area (Å²) in [4.78, 5) is 18.4. The molecule has 0 unspecified atom stereocenters. The Balaban J connectivity index is 0.000000227. The first-order valence-corrected chi connectivity index (χ1v) is 44.1. The Labute approximate surface area is 709 Å². The Morgan fingerprint density at radius 3 is 1.05 bits per heavy atom. The van der Waals surface area contributed by atoms with Crippen molar-refractivity contribution in [1.29, 1.82) is 0 Å². The van der Waals surface area contributed by atoms with Crippen molar-refractivity contribution in [1.82, 2.24) is 28.9 Å². The first kappa shape index (κ1) is 91.4. The zero-order valence-electron chi connectivity index (χ0n) is 65.3. The van der Waals surface area contributed by atoms with Crippen molar-refractivity contribution in [3.8, 4) is 45.0 Å². The molecule has 0 saturated heterocycles. The molecule has 4 aromatic heterocycles. The second kappa shape index (κ2) is 47.1. The quantitative estimate of drug-likeness (QED) is 0.0266. The average Bonchev–Trinajstić information content (AvgIpc) is 0.733. The van der Waals surface area contributed by atoms with Crippen LogP contribution in [0.3, 0.4) is 0 Å². The molecule has 0 atom stereocenters. The van der Waals surface area contributed by atoms with Crippen LogP contribution in [-0.2, 0) is 80.4 Å². The molecule has 6 nitrogen and oxygen atoms in total. The van der Waals surface area contributed by atoms with Crippen molar-refractivity contribution in [3.63, 3.8) is 0 Å². The molecular formula is C97H110Ir4N6P2. The van der Waals surface area contributed by atoms with Crippen LogP contribution in [0.4, 0.5) is 28.4 Å². The van der Waals surface area contributed by atoms with Gasteiger partial charge < -0.3 is 24.4 Å². The van der Waals surface area contributed by atoms with E-state index in [1.165, 1.54) is 148 Å². The van der Waals surface area contributed by atoms with Gasteiger partial charge in [-0.3, -0.25) is 0 Å². The fourth-order valence-corrected chi connectivity index (χ4v) is 20.4. The smallest absolute Gasteiger partial charge is 0.146 e. The molecule has 0 aliphatic heterocycles. The van der Waals surface area contributed by atoms with Crippen LogP contribution in [0.25, 0.3) is 66.6 Å². The van der Waals surface area contributed by atoms with Gasteiger partial charge in [0.2, 0.25) is 0 Å². The van der Waals surface area contributed by atoms with Crippen LogP contribution >= 0.6 is 14.5 Å². The van der Waals surface area contributed by atoms with Gasteiger partial charge in [0.1, 0.15) is 17.1 Å². The summed E-state index contributed by atoms with van der Waals surface area (Å²) in [6.45, 7) is 24.6. The van der Waals surface area contributed by atoms with Crippen LogP contribution in [0, 0.1) is 24.3 Å². The zero-order valence-corrected chi connectivity index (χ0v) is 76.6. The Morgan fingerprint density at radius 1 is 0.303 bits per heavy atom. The van der Waals surface area contributed by atoms with Gasteiger partial charge in [0.15, 0.2) is 0 Å². The van der Waals surface area contributed by atoms with E-state index >= 15 is 0 Å². The van der Waals surface area contributed by atoms with Crippen molar-refractivity contribution in [3.05, 3.63) is 310 Å². The second-order valence-electron chi connectivity index (χ2n) is 28.5. The van der Waals surface area contributed by atoms with Crippen LogP contribution in [-0.4, -0.2) is 78.1 Å². The average molecular weight is 2190 g/mol. The van der Waals surface area contributed by atoms with Crippen molar-refractivity contribution in [2.24, 2.45) is 0 Å². The summed E-state index contributed by atoms with van der Waals surface area (Å²) in [7, 11) is -2.18. The molecule has 0 N–H and O–H groups in total. The third-order valence-electron chi connectivity index (χ3n) is 20.2. The van der Waals surface area contributed by atoms with Gasteiger partial charge in [0, 0.05) is 167 Å². The number of benzene rings is 9. The molecule has 9 aromatic carbocycles. The largest absolute Gasteiger partial charge is 0.307 e. The second-order valence-corrected chi connectivity index (χ2v) is 37.2. The van der Waals surface area contributed by atoms with Gasteiger partial charge in [-0.25, -0.2) is 4.48 Å². The summed E-state index contributed by atoms with van der Waals surface area (Å²) in [6, 6.07) is 105. The van der Waals surface area contributed by atoms with Gasteiger partial charge in [-0.05, 0) is 107 Å². The van der Waals surface area contributed by atoms with Crippen LogP contribution in [0.1, 0.15) is 119 Å². The van der Waals surface area contributed by atoms with E-state index in [-0.39, 0.29) is 80.4 Å². The molecule has 13 aromatic rings. The van der Waals surface area contributed by atoms with Crippen LogP contribution in [0.15, 0.2) is 286 Å². The fraction of sp³-hybridized carbons (Fsp3) is 0.278. The first-order valence-electron chi connectivity index (χ1n) is 38.6. The monoisotopic (exact) mass is 2190 g/mol. The Morgan fingerprint density at radius 2 is 0.651 bits per heavy atom. The van der Waals surface area contributed by atoms with E-state index < -0.39 is 14.5 Å². The Bertz CT molecular complexity index is 4570. The molecule has 13 rings (SSSR count). The third kappa shape index (κ3) is 24.3. The number of rotatable bonds is 29. The summed E-state index contributed by atoms with van der Waals surface area (Å²) in [5.74, 6) is 0. The van der Waals surface area contributed by atoms with Crippen molar-refractivity contribution >= 4 is 75.1 Å². The molecule has 0 aliphatic rings. The SMILES string of the molecule is CCCC[N+](CCCC)(CCCC)c1cc[c-]c(-c2ccccn2)c1.CCCC[P+](CCCC)(CCCC)c1cc[c-]c(-c2nccc3ccccc23)c1.C[P+](C)(C)c1cc[c-]c(-c2nccc3ccccc23)c1.[Ir].[Ir].[Ir].[Ir].[c-]1ccc([N+](c2ccccc2)(c2ccccc2)c2ccccc2)cc1-c1ccccn1. The number of hydrogen-bond donors (Lipinski definition) is 0. The molecule has 0 saturated carbocycles. The van der Waals surface area contributed by atoms with E-state index in [2.05, 4.69) is 325 Å². The predicted molar refractivity (Wildman–Crippen MR) is 460 cm³/mol. The number of fused-ring (bicyclic) bond motifs is 2. The zero-order chi connectivity index (χ0) is 73.6. The minimum Gasteiger partial charge on any atom is -0.307 e. The summed E-state index contributed by atoms with van der Waals surface area (Å²) < 4.78 is 1.58. The maximum atomic E-state index is 4.77. The van der Waals surface area contributed by atoms with Gasteiger partial charge in [-0.2, -0.15) is 0 Å². The summed E-state index contributed by atoms with van der Waals surface area (Å²) in [5.41, 5.74) is 14.4. The first-order chi connectivity index (χ1) is 51.4. The topological polar surface area (TPSA) is 51.6 Å². The van der Waals surface area contributed by atoms with E-state index in [0.717, 1.165) is 72.3 Å². The van der Waals surface area contributed by atoms with E-state index in [4.69, 9.17) is 4.98 Å². The molecule has 0 fully saturated rings. The molecule has 109 heavy (non-hydrogen) atoms. The van der Waals surface area contributed by atoms with Crippen LogP contribution < -0.4 is 19.6 Å². The van der Waals surface area contributed by atoms with E-state index in [1.807, 2.05) is 61.2 Å². The minimum atomic E-state index is -1.15. The normalized spacial score (nSPS) is 11.2. The minimum absolute atomic E-state index is 0. The van der Waals surface area contributed by atoms with Crippen molar-refractivity contribution in [2.45, 2.75) is 119 Å². The standard InChI is InChI=1S/C29H22N2.C27H36NP.C23H34N2.C18H18NP.4Ir/c1-4-14-25(15-5-1)31(26-16-6-2-7-17-26,27-18-8-3-9-19-27)28-20-12-13-24(23-28)29-21-10-11-22-30-29;1-4-7-19-29(20-8-5-2,21-9-6-3)25-15-12-14-24(22-25)27-26-16-11-10-13-23(26)17-18-28-27;1-4-7-17-25(18-8-5-2,19-9-6-3)22-14-12-13-21(20-22)23-15-10-11-16-24-23;1-20(2,3)16-9-6-8-15(13-16)18-17-10-5-4-7-14(17)11-12-19-18;;;;/h1-12,14-23H;10-13,15-18,22H,4-9,19-21H2,1-3H3;10-12,14-16,20H,4-9,17-19H2,1-3H3;4-7,9-13H,1-3H3;;;;. The summed E-state index contributed by atoms with van der Waals surface area (Å²) >= 11 is 0. The van der Waals surface area contributed by atoms with Crippen molar-refractivity contribution in [2.75, 3.05) is 58.1 Å². The molecule has 0 aliphatic carbocycles.